The Morgan fingerprint density at radius 3 is 2.34 bits per heavy atom. The Kier molecular flexibility index (Phi) is 8.22. The van der Waals surface area contributed by atoms with Crippen molar-refractivity contribution in [1.82, 2.24) is 9.97 Å². The molecule has 9 nitrogen and oxygen atoms in total. The predicted octanol–water partition coefficient (Wildman–Crippen LogP) is 7.03. The summed E-state index contributed by atoms with van der Waals surface area (Å²) in [5.74, 6) is -2.82. The molecule has 0 saturated carbocycles. The van der Waals surface area contributed by atoms with E-state index >= 15 is 0 Å². The lowest BCUT2D eigenvalue weighted by Crippen LogP contribution is -2.15. The second-order valence-corrected chi connectivity index (χ2v) is 12.0. The molecular formula is C34H24F3N5O4S. The van der Waals surface area contributed by atoms with Gasteiger partial charge in [-0.15, -0.1) is 0 Å². The second-order valence-electron chi connectivity index (χ2n) is 10.3. The van der Waals surface area contributed by atoms with E-state index in [9.17, 15) is 26.4 Å². The van der Waals surface area contributed by atoms with Crippen LogP contribution in [0.2, 0.25) is 0 Å². The second kappa shape index (κ2) is 12.4. The number of hydrogen-bond donors (Lipinski definition) is 3. The van der Waals surface area contributed by atoms with Crippen LogP contribution in [-0.2, 0) is 10.0 Å². The topological polar surface area (TPSA) is 136 Å². The number of benzene rings is 4. The first-order chi connectivity index (χ1) is 22.5. The molecule has 0 spiro atoms. The number of aromatic nitrogens is 2. The molecule has 47 heavy (non-hydrogen) atoms. The molecule has 0 bridgehead atoms. The van der Waals surface area contributed by atoms with Crippen molar-refractivity contribution >= 4 is 44.0 Å². The molecule has 0 aliphatic rings. The summed E-state index contributed by atoms with van der Waals surface area (Å²) in [5, 5.41) is 3.41. The van der Waals surface area contributed by atoms with Crippen LogP contribution in [-0.4, -0.2) is 31.4 Å². The molecule has 0 aliphatic carbocycles. The van der Waals surface area contributed by atoms with Crippen molar-refractivity contribution in [3.63, 3.8) is 0 Å². The molecule has 0 atom stereocenters. The van der Waals surface area contributed by atoms with Crippen molar-refractivity contribution in [2.75, 3.05) is 22.9 Å². The lowest BCUT2D eigenvalue weighted by atomic mass is 9.99. The maximum Gasteiger partial charge on any atom is 0.264 e. The third-order valence-corrected chi connectivity index (χ3v) is 8.59. The molecule has 0 fully saturated rings. The van der Waals surface area contributed by atoms with E-state index in [4.69, 9.17) is 10.5 Å². The van der Waals surface area contributed by atoms with Gasteiger partial charge in [-0.05, 0) is 83.9 Å². The highest BCUT2D eigenvalue weighted by molar-refractivity contribution is 7.92. The van der Waals surface area contributed by atoms with E-state index in [-0.39, 0.29) is 17.4 Å². The van der Waals surface area contributed by atoms with Gasteiger partial charge in [0.25, 0.3) is 15.9 Å². The van der Waals surface area contributed by atoms with Gasteiger partial charge in [0.05, 0.1) is 12.6 Å². The summed E-state index contributed by atoms with van der Waals surface area (Å²) in [7, 11) is -3.18. The van der Waals surface area contributed by atoms with Crippen molar-refractivity contribution in [3.05, 3.63) is 126 Å². The van der Waals surface area contributed by atoms with Gasteiger partial charge in [-0.25, -0.2) is 31.6 Å². The van der Waals surface area contributed by atoms with Crippen LogP contribution in [0, 0.1) is 17.5 Å². The summed E-state index contributed by atoms with van der Waals surface area (Å²) in [6, 6.07) is 22.9. The predicted molar refractivity (Wildman–Crippen MR) is 173 cm³/mol. The molecule has 0 aliphatic heterocycles. The monoisotopic (exact) mass is 655 g/mol. The molecule has 0 saturated heterocycles. The van der Waals surface area contributed by atoms with Crippen LogP contribution in [0.3, 0.4) is 0 Å². The highest BCUT2D eigenvalue weighted by Crippen LogP contribution is 2.34. The number of nitrogens with two attached hydrogens (primary N) is 1. The largest absolute Gasteiger partial charge is 0.480 e. The van der Waals surface area contributed by atoms with Crippen LogP contribution in [0.4, 0.5) is 30.4 Å². The van der Waals surface area contributed by atoms with Crippen LogP contribution in [0.5, 0.6) is 5.88 Å². The fraction of sp³-hybridized carbons (Fsp3) is 0.0294. The average molecular weight is 656 g/mol. The summed E-state index contributed by atoms with van der Waals surface area (Å²) < 4.78 is 74.4. The Morgan fingerprint density at radius 1 is 0.830 bits per heavy atom. The van der Waals surface area contributed by atoms with E-state index in [2.05, 4.69) is 20.0 Å². The lowest BCUT2D eigenvalue weighted by molar-refractivity contribution is 0.102. The average Bonchev–Trinajstić information content (AvgIpc) is 3.05. The number of anilines is 3. The Labute approximate surface area is 266 Å². The number of halogens is 3. The smallest absolute Gasteiger partial charge is 0.264 e. The van der Waals surface area contributed by atoms with E-state index in [0.717, 1.165) is 12.1 Å². The van der Waals surface area contributed by atoms with Crippen LogP contribution in [0.25, 0.3) is 33.2 Å². The first-order valence-electron chi connectivity index (χ1n) is 13.9. The van der Waals surface area contributed by atoms with E-state index in [1.807, 2.05) is 6.07 Å². The third-order valence-electron chi connectivity index (χ3n) is 7.19. The minimum Gasteiger partial charge on any atom is -0.480 e. The standard InChI is InChI=1S/C34H24F3N5O4S/c1-46-34-30(42-47(44,45)31-12-8-25(36)17-28(31)37)16-23(18-39-34)19-5-11-29-22(13-19)15-27(32(38)41-29)20-3-2-4-21(14-20)33(43)40-26-9-6-24(35)7-10-26/h2-18,42H,1H3,(H2,38,41)(H,40,43). The van der Waals surface area contributed by atoms with Crippen molar-refractivity contribution in [2.24, 2.45) is 0 Å². The zero-order valence-corrected chi connectivity index (χ0v) is 25.3. The number of ether oxygens (including phenoxy) is 1. The molecular weight excluding hydrogens is 631 g/mol. The van der Waals surface area contributed by atoms with Crippen molar-refractivity contribution in [3.8, 4) is 28.1 Å². The lowest BCUT2D eigenvalue weighted by Gasteiger charge is -2.14. The molecule has 0 radical (unpaired) electrons. The summed E-state index contributed by atoms with van der Waals surface area (Å²) in [4.78, 5) is 20.9. The number of nitrogen functional groups attached to an aromatic ring is 1. The third kappa shape index (κ3) is 6.56. The fourth-order valence-corrected chi connectivity index (χ4v) is 6.01. The Morgan fingerprint density at radius 2 is 1.60 bits per heavy atom. The molecule has 2 aromatic heterocycles. The van der Waals surface area contributed by atoms with E-state index < -0.39 is 38.3 Å². The highest BCUT2D eigenvalue weighted by atomic mass is 32.2. The molecule has 4 N–H and O–H groups in total. The Bertz CT molecular complexity index is 2280. The number of rotatable bonds is 8. The van der Waals surface area contributed by atoms with Crippen LogP contribution >= 0.6 is 0 Å². The van der Waals surface area contributed by atoms with Gasteiger partial charge >= 0.3 is 0 Å². The minimum absolute atomic E-state index is 0.0688. The molecule has 2 heterocycles. The van der Waals surface area contributed by atoms with Crippen molar-refractivity contribution in [2.45, 2.75) is 4.90 Å². The van der Waals surface area contributed by atoms with Gasteiger partial charge in [0.1, 0.15) is 33.9 Å². The van der Waals surface area contributed by atoms with E-state index in [0.29, 0.717) is 50.5 Å². The van der Waals surface area contributed by atoms with E-state index in [1.54, 1.807) is 42.5 Å². The Hall–Kier alpha value is -5.95. The minimum atomic E-state index is -4.48. The van der Waals surface area contributed by atoms with Gasteiger partial charge in [-0.3, -0.25) is 9.52 Å². The summed E-state index contributed by atoms with van der Waals surface area (Å²) >= 11 is 0. The van der Waals surface area contributed by atoms with Crippen LogP contribution < -0.4 is 20.5 Å². The number of amides is 1. The zero-order chi connectivity index (χ0) is 33.3. The van der Waals surface area contributed by atoms with Crippen LogP contribution in [0.15, 0.2) is 108 Å². The number of fused-ring (bicyclic) bond motifs is 1. The first kappa shape index (κ1) is 31.0. The molecule has 236 valence electrons. The number of nitrogens with zero attached hydrogens (tertiary/aromatic N) is 2. The number of pyridine rings is 2. The molecule has 0 unspecified atom stereocenters. The van der Waals surface area contributed by atoms with E-state index in [1.165, 1.54) is 43.6 Å². The highest BCUT2D eigenvalue weighted by Gasteiger charge is 2.22. The maximum absolute atomic E-state index is 14.3. The normalized spacial score (nSPS) is 11.3. The summed E-state index contributed by atoms with van der Waals surface area (Å²) in [6.45, 7) is 0. The summed E-state index contributed by atoms with van der Waals surface area (Å²) in [6.07, 6.45) is 1.48. The number of hydrogen-bond acceptors (Lipinski definition) is 7. The van der Waals surface area contributed by atoms with Gasteiger partial charge < -0.3 is 15.8 Å². The van der Waals surface area contributed by atoms with Gasteiger partial charge in [0.15, 0.2) is 0 Å². The van der Waals surface area contributed by atoms with Gasteiger partial charge in [-0.1, -0.05) is 18.2 Å². The van der Waals surface area contributed by atoms with Crippen LogP contribution in [0.1, 0.15) is 10.4 Å². The molecule has 13 heteroatoms. The Balaban J connectivity index is 1.32. The van der Waals surface area contributed by atoms with Gasteiger partial charge in [-0.2, -0.15) is 0 Å². The number of carbonyl (C=O) groups is 1. The zero-order valence-electron chi connectivity index (χ0n) is 24.5. The number of carbonyl (C=O) groups excluding carboxylic acids is 1. The van der Waals surface area contributed by atoms with Crippen molar-refractivity contribution < 1.29 is 31.1 Å². The van der Waals surface area contributed by atoms with Gasteiger partial charge in [0, 0.05) is 40.0 Å². The fourth-order valence-electron chi connectivity index (χ4n) is 4.91. The number of methoxy groups -OCH3 is 1. The SMILES string of the molecule is COc1ncc(-c2ccc3nc(N)c(-c4cccc(C(=O)Nc5ccc(F)cc5)c4)cc3c2)cc1NS(=O)(=O)c1ccc(F)cc1F. The number of sulfonamides is 1. The first-order valence-corrected chi connectivity index (χ1v) is 15.4. The quantitative estimate of drug-likeness (QED) is 0.160. The van der Waals surface area contributed by atoms with Crippen molar-refractivity contribution in [1.29, 1.82) is 0 Å². The molecule has 6 aromatic rings. The van der Waals surface area contributed by atoms with Gasteiger partial charge in [0.2, 0.25) is 5.88 Å². The molecule has 1 amide bonds. The summed E-state index contributed by atoms with van der Waals surface area (Å²) in [5.41, 5.74) is 9.93. The maximum atomic E-state index is 14.3. The molecule has 4 aromatic carbocycles. The molecule has 6 rings (SSSR count). The number of nitrogens with one attached hydrogen (secondary N) is 2.